The van der Waals surface area contributed by atoms with E-state index in [4.69, 9.17) is 12.2 Å². The van der Waals surface area contributed by atoms with Gasteiger partial charge in [0.25, 0.3) is 0 Å². The number of nitrogens with zero attached hydrogens (tertiary/aromatic N) is 3. The summed E-state index contributed by atoms with van der Waals surface area (Å²) in [6, 6.07) is 5.73. The molecule has 5 nitrogen and oxygen atoms in total. The summed E-state index contributed by atoms with van der Waals surface area (Å²) in [5.41, 5.74) is 1.46. The van der Waals surface area contributed by atoms with Crippen molar-refractivity contribution in [1.29, 1.82) is 0 Å². The van der Waals surface area contributed by atoms with E-state index in [9.17, 15) is 9.59 Å². The summed E-state index contributed by atoms with van der Waals surface area (Å²) in [5.74, 6) is -0.487. The lowest BCUT2D eigenvalue weighted by Gasteiger charge is -2.25. The Morgan fingerprint density at radius 2 is 1.79 bits per heavy atom. The molecule has 2 aromatic heterocycles. The van der Waals surface area contributed by atoms with E-state index in [0.29, 0.717) is 36.0 Å². The van der Waals surface area contributed by atoms with Crippen LogP contribution in [0.1, 0.15) is 52.0 Å². The molecule has 2 amide bonds. The molecule has 0 aliphatic heterocycles. The fraction of sp³-hybridized carbons (Fsp3) is 0.444. The van der Waals surface area contributed by atoms with Crippen molar-refractivity contribution >= 4 is 35.1 Å². The molecule has 128 valence electrons. The van der Waals surface area contributed by atoms with Crippen LogP contribution in [-0.4, -0.2) is 21.5 Å². The van der Waals surface area contributed by atoms with Crippen molar-refractivity contribution in [2.24, 2.45) is 0 Å². The summed E-state index contributed by atoms with van der Waals surface area (Å²) < 4.78 is 2.00. The average Bonchev–Trinajstić information content (AvgIpc) is 2.57. The van der Waals surface area contributed by atoms with Crippen LogP contribution >= 0.6 is 12.2 Å². The summed E-state index contributed by atoms with van der Waals surface area (Å²) in [6.45, 7) is 5.83. The van der Waals surface area contributed by atoms with Crippen LogP contribution in [0.5, 0.6) is 0 Å². The monoisotopic (exact) mass is 345 g/mol. The molecule has 2 heterocycles. The molecule has 0 aliphatic rings. The van der Waals surface area contributed by atoms with Gasteiger partial charge in [0.15, 0.2) is 5.65 Å². The van der Waals surface area contributed by atoms with Crippen LogP contribution in [0.25, 0.3) is 11.0 Å². The molecule has 0 aliphatic carbocycles. The number of fused-ring (bicyclic) bond motifs is 1. The van der Waals surface area contributed by atoms with E-state index >= 15 is 0 Å². The van der Waals surface area contributed by atoms with Gasteiger partial charge in [-0.3, -0.25) is 9.59 Å². The number of carbonyl (C=O) groups excluding carboxylic acids is 2. The molecule has 0 unspecified atom stereocenters. The molecule has 2 rings (SSSR count). The number of hydrogen-bond acceptors (Lipinski definition) is 4. The van der Waals surface area contributed by atoms with E-state index in [1.54, 1.807) is 6.20 Å². The lowest BCUT2D eigenvalue weighted by atomic mass is 10.2. The first kappa shape index (κ1) is 18.3. The predicted octanol–water partition coefficient (Wildman–Crippen LogP) is 3.92. The summed E-state index contributed by atoms with van der Waals surface area (Å²) >= 11 is 5.58. The van der Waals surface area contributed by atoms with Gasteiger partial charge >= 0.3 is 0 Å². The number of amides is 2. The predicted molar refractivity (Wildman–Crippen MR) is 98.0 cm³/mol. The van der Waals surface area contributed by atoms with Crippen LogP contribution in [-0.2, 0) is 16.0 Å². The first-order valence-corrected chi connectivity index (χ1v) is 8.81. The van der Waals surface area contributed by atoms with Crippen LogP contribution in [0, 0.1) is 4.64 Å². The van der Waals surface area contributed by atoms with Crippen molar-refractivity contribution in [1.82, 2.24) is 9.66 Å². The molecule has 0 atom stereocenters. The zero-order valence-electron chi connectivity index (χ0n) is 14.4. The Hall–Kier alpha value is -2.08. The van der Waals surface area contributed by atoms with Gasteiger partial charge in [-0.1, -0.05) is 33.0 Å². The minimum absolute atomic E-state index is 0.243. The third-order valence-electron chi connectivity index (χ3n) is 3.80. The fourth-order valence-electron chi connectivity index (χ4n) is 2.62. The Balaban J connectivity index is 2.76. The Kier molecular flexibility index (Phi) is 6.20. The van der Waals surface area contributed by atoms with Crippen LogP contribution in [0.3, 0.4) is 0 Å². The molecular weight excluding hydrogens is 322 g/mol. The number of aryl methyl sites for hydroxylation is 1. The highest BCUT2D eigenvalue weighted by atomic mass is 32.1. The molecule has 0 spiro atoms. The van der Waals surface area contributed by atoms with Gasteiger partial charge in [-0.2, -0.15) is 5.01 Å². The van der Waals surface area contributed by atoms with E-state index in [0.717, 1.165) is 17.4 Å². The summed E-state index contributed by atoms with van der Waals surface area (Å²) in [6.07, 6.45) is 4.29. The zero-order chi connectivity index (χ0) is 17.7. The standard InChI is InChI=1S/C18H23N3O2S/c1-4-8-15(22)20(16(23)9-5-2)21-17-14(10-7-11-19-17)12-13(6-3)18(21)24/h7,10-12H,4-6,8-9H2,1-3H3. The number of imide groups is 1. The molecule has 24 heavy (non-hydrogen) atoms. The van der Waals surface area contributed by atoms with Gasteiger partial charge in [0.2, 0.25) is 11.8 Å². The molecule has 0 saturated heterocycles. The van der Waals surface area contributed by atoms with Gasteiger partial charge in [-0.05, 0) is 43.0 Å². The quantitative estimate of drug-likeness (QED) is 0.745. The van der Waals surface area contributed by atoms with Gasteiger partial charge in [0.1, 0.15) is 4.64 Å². The maximum absolute atomic E-state index is 12.7. The van der Waals surface area contributed by atoms with Crippen molar-refractivity contribution in [3.05, 3.63) is 34.6 Å². The van der Waals surface area contributed by atoms with Crippen molar-refractivity contribution in [3.63, 3.8) is 0 Å². The Labute approximate surface area is 147 Å². The normalized spacial score (nSPS) is 10.8. The minimum Gasteiger partial charge on any atom is -0.273 e. The SMILES string of the molecule is CCCC(=O)N(C(=O)CCC)n1c(=S)c(CC)cc2cccnc21. The number of hydrogen-bond donors (Lipinski definition) is 0. The second-order valence-electron chi connectivity index (χ2n) is 5.66. The van der Waals surface area contributed by atoms with E-state index < -0.39 is 0 Å². The second-order valence-corrected chi connectivity index (χ2v) is 6.04. The third-order valence-corrected chi connectivity index (χ3v) is 4.23. The van der Waals surface area contributed by atoms with Crippen LogP contribution < -0.4 is 5.01 Å². The first-order chi connectivity index (χ1) is 11.5. The summed E-state index contributed by atoms with van der Waals surface area (Å²) in [7, 11) is 0. The Morgan fingerprint density at radius 3 is 2.33 bits per heavy atom. The Morgan fingerprint density at radius 1 is 1.17 bits per heavy atom. The average molecular weight is 345 g/mol. The number of pyridine rings is 2. The van der Waals surface area contributed by atoms with Gasteiger partial charge in [-0.25, -0.2) is 9.66 Å². The van der Waals surface area contributed by atoms with Gasteiger partial charge in [0, 0.05) is 24.4 Å². The van der Waals surface area contributed by atoms with E-state index in [1.807, 2.05) is 39.0 Å². The Bertz CT molecular complexity index is 796. The maximum atomic E-state index is 12.7. The summed E-state index contributed by atoms with van der Waals surface area (Å²) in [4.78, 5) is 29.7. The molecular formula is C18H23N3O2S. The molecule has 0 N–H and O–H groups in total. The van der Waals surface area contributed by atoms with Crippen molar-refractivity contribution in [2.75, 3.05) is 5.01 Å². The zero-order valence-corrected chi connectivity index (χ0v) is 15.2. The smallest absolute Gasteiger partial charge is 0.248 e. The molecule has 6 heteroatoms. The van der Waals surface area contributed by atoms with Crippen LogP contribution in [0.4, 0.5) is 0 Å². The molecule has 0 saturated carbocycles. The molecule has 2 aromatic rings. The van der Waals surface area contributed by atoms with Crippen molar-refractivity contribution in [2.45, 2.75) is 52.9 Å². The fourth-order valence-corrected chi connectivity index (χ4v) is 2.99. The topological polar surface area (TPSA) is 55.2 Å². The molecule has 0 fully saturated rings. The highest BCUT2D eigenvalue weighted by molar-refractivity contribution is 7.71. The van der Waals surface area contributed by atoms with E-state index in [2.05, 4.69) is 4.98 Å². The van der Waals surface area contributed by atoms with Gasteiger partial charge < -0.3 is 0 Å². The largest absolute Gasteiger partial charge is 0.273 e. The van der Waals surface area contributed by atoms with Gasteiger partial charge in [-0.15, -0.1) is 0 Å². The lowest BCUT2D eigenvalue weighted by molar-refractivity contribution is -0.129. The van der Waals surface area contributed by atoms with Crippen LogP contribution in [0.15, 0.2) is 24.4 Å². The number of rotatable bonds is 6. The van der Waals surface area contributed by atoms with Gasteiger partial charge in [0.05, 0.1) is 0 Å². The number of aromatic nitrogens is 2. The first-order valence-electron chi connectivity index (χ1n) is 8.40. The minimum atomic E-state index is -0.243. The molecule has 0 bridgehead atoms. The van der Waals surface area contributed by atoms with E-state index in [1.165, 1.54) is 9.69 Å². The maximum Gasteiger partial charge on any atom is 0.248 e. The van der Waals surface area contributed by atoms with E-state index in [-0.39, 0.29) is 11.8 Å². The van der Waals surface area contributed by atoms with Crippen molar-refractivity contribution < 1.29 is 9.59 Å². The number of carbonyl (C=O) groups is 2. The van der Waals surface area contributed by atoms with Crippen molar-refractivity contribution in [3.8, 4) is 0 Å². The summed E-state index contributed by atoms with van der Waals surface area (Å²) in [5, 5.41) is 2.06. The highest BCUT2D eigenvalue weighted by Crippen LogP contribution is 2.19. The van der Waals surface area contributed by atoms with Crippen LogP contribution in [0.2, 0.25) is 0 Å². The second kappa shape index (κ2) is 8.15. The molecule has 0 radical (unpaired) electrons. The third kappa shape index (κ3) is 3.53. The lowest BCUT2D eigenvalue weighted by Crippen LogP contribution is -2.46. The highest BCUT2D eigenvalue weighted by Gasteiger charge is 2.25. The molecule has 0 aromatic carbocycles.